The van der Waals surface area contributed by atoms with Gasteiger partial charge in [0.2, 0.25) is 0 Å². The maximum atomic E-state index is 13.6. The van der Waals surface area contributed by atoms with E-state index >= 15 is 0 Å². The maximum Gasteiger partial charge on any atom is 0.253 e. The first-order valence-electron chi connectivity index (χ1n) is 7.40. The summed E-state index contributed by atoms with van der Waals surface area (Å²) in [6.07, 6.45) is 3.71. The number of hydrogen-bond acceptors (Lipinski definition) is 4. The Bertz CT molecular complexity index is 489. The number of nitrogens with zero attached hydrogens (tertiary/aromatic N) is 1. The van der Waals surface area contributed by atoms with Gasteiger partial charge in [-0.2, -0.15) is 0 Å². The molecule has 0 bridgehead atoms. The summed E-state index contributed by atoms with van der Waals surface area (Å²) in [6.45, 7) is 4.93. The number of anilines is 1. The highest BCUT2D eigenvalue weighted by atomic mass is 19.1. The van der Waals surface area contributed by atoms with Crippen molar-refractivity contribution in [3.63, 3.8) is 0 Å². The zero-order chi connectivity index (χ0) is 15.2. The summed E-state index contributed by atoms with van der Waals surface area (Å²) in [4.78, 5) is 14.6. The summed E-state index contributed by atoms with van der Waals surface area (Å²) >= 11 is 0. The minimum Gasteiger partial charge on any atom is -0.348 e. The van der Waals surface area contributed by atoms with Crippen molar-refractivity contribution in [1.82, 2.24) is 10.2 Å². The second kappa shape index (κ2) is 7.38. The molecule has 4 N–H and O–H groups in total. The Morgan fingerprint density at radius 2 is 2.10 bits per heavy atom. The summed E-state index contributed by atoms with van der Waals surface area (Å²) in [5.74, 6) is 4.44. The number of hydrazine groups is 1. The quantitative estimate of drug-likeness (QED) is 0.571. The van der Waals surface area contributed by atoms with E-state index in [4.69, 9.17) is 5.84 Å². The van der Waals surface area contributed by atoms with Gasteiger partial charge in [-0.1, -0.05) is 12.5 Å². The van der Waals surface area contributed by atoms with E-state index in [1.807, 2.05) is 6.92 Å². The van der Waals surface area contributed by atoms with Gasteiger partial charge in [0.25, 0.3) is 5.91 Å². The van der Waals surface area contributed by atoms with Gasteiger partial charge < -0.3 is 15.6 Å². The molecule has 21 heavy (non-hydrogen) atoms. The Hall–Kier alpha value is -1.66. The van der Waals surface area contributed by atoms with E-state index in [1.165, 1.54) is 31.4 Å². The number of likely N-dealkylation sites (tertiary alicyclic amines) is 1. The lowest BCUT2D eigenvalue weighted by molar-refractivity contribution is 0.0926. The summed E-state index contributed by atoms with van der Waals surface area (Å²) in [7, 11) is 0. The van der Waals surface area contributed by atoms with E-state index in [2.05, 4.69) is 15.6 Å². The fourth-order valence-corrected chi connectivity index (χ4v) is 2.74. The number of halogens is 1. The standard InChI is InChI=1S/C15H23FN4O/c1-11(10-20-8-3-2-4-9-20)18-15(21)12-6-5-7-13(16)14(12)19-17/h5-7,11,19H,2-4,8-10,17H2,1H3,(H,18,21). The summed E-state index contributed by atoms with van der Waals surface area (Å²) in [5.41, 5.74) is 2.51. The number of benzene rings is 1. The Balaban J connectivity index is 1.95. The highest BCUT2D eigenvalue weighted by Gasteiger charge is 2.18. The van der Waals surface area contributed by atoms with Crippen molar-refractivity contribution >= 4 is 11.6 Å². The first kappa shape index (κ1) is 15.7. The van der Waals surface area contributed by atoms with Crippen LogP contribution >= 0.6 is 0 Å². The van der Waals surface area contributed by atoms with Crippen LogP contribution in [0.25, 0.3) is 0 Å². The van der Waals surface area contributed by atoms with Gasteiger partial charge in [0, 0.05) is 12.6 Å². The number of amides is 1. The van der Waals surface area contributed by atoms with Crippen LogP contribution in [-0.2, 0) is 0 Å². The lowest BCUT2D eigenvalue weighted by Crippen LogP contribution is -2.43. The molecule has 5 nitrogen and oxygen atoms in total. The van der Waals surface area contributed by atoms with Crippen molar-refractivity contribution in [3.05, 3.63) is 29.6 Å². The van der Waals surface area contributed by atoms with Crippen LogP contribution in [0.1, 0.15) is 36.5 Å². The van der Waals surface area contributed by atoms with Gasteiger partial charge in [0.15, 0.2) is 0 Å². The van der Waals surface area contributed by atoms with Crippen LogP contribution in [-0.4, -0.2) is 36.5 Å². The van der Waals surface area contributed by atoms with Crippen molar-refractivity contribution in [2.45, 2.75) is 32.2 Å². The molecule has 2 rings (SSSR count). The van der Waals surface area contributed by atoms with Crippen LogP contribution in [0.3, 0.4) is 0 Å². The summed E-state index contributed by atoms with van der Waals surface area (Å²) in [6, 6.07) is 4.33. The third-order valence-electron chi connectivity index (χ3n) is 3.76. The number of carbonyl (C=O) groups excluding carboxylic acids is 1. The number of nitrogens with one attached hydrogen (secondary N) is 2. The maximum absolute atomic E-state index is 13.6. The molecule has 1 unspecified atom stereocenters. The Labute approximate surface area is 124 Å². The van der Waals surface area contributed by atoms with Gasteiger partial charge in [-0.3, -0.25) is 10.6 Å². The molecule has 1 heterocycles. The van der Waals surface area contributed by atoms with Gasteiger partial charge in [0.05, 0.1) is 11.3 Å². The number of nitrogen functional groups attached to an aromatic ring is 1. The second-order valence-electron chi connectivity index (χ2n) is 5.54. The van der Waals surface area contributed by atoms with Crippen molar-refractivity contribution in [2.75, 3.05) is 25.1 Å². The van der Waals surface area contributed by atoms with Crippen LogP contribution in [0, 0.1) is 5.82 Å². The van der Waals surface area contributed by atoms with Crippen molar-refractivity contribution in [2.24, 2.45) is 5.84 Å². The molecule has 1 aromatic carbocycles. The summed E-state index contributed by atoms with van der Waals surface area (Å²) in [5, 5.41) is 2.90. The van der Waals surface area contributed by atoms with Crippen molar-refractivity contribution < 1.29 is 9.18 Å². The molecule has 1 amide bonds. The number of rotatable bonds is 5. The molecule has 0 radical (unpaired) electrons. The van der Waals surface area contributed by atoms with E-state index < -0.39 is 5.82 Å². The van der Waals surface area contributed by atoms with Crippen LogP contribution < -0.4 is 16.6 Å². The minimum absolute atomic E-state index is 0.00416. The Morgan fingerprint density at radius 3 is 2.76 bits per heavy atom. The molecule has 6 heteroatoms. The highest BCUT2D eigenvalue weighted by Crippen LogP contribution is 2.18. The SMILES string of the molecule is CC(CN1CCCCC1)NC(=O)c1cccc(F)c1NN. The average Bonchev–Trinajstić information content (AvgIpc) is 2.47. The zero-order valence-electron chi connectivity index (χ0n) is 12.4. The molecule has 0 spiro atoms. The van der Waals surface area contributed by atoms with Crippen molar-refractivity contribution in [1.29, 1.82) is 0 Å². The molecule has 1 aliphatic heterocycles. The van der Waals surface area contributed by atoms with E-state index in [0.29, 0.717) is 0 Å². The largest absolute Gasteiger partial charge is 0.348 e. The number of piperidine rings is 1. The normalized spacial score (nSPS) is 17.3. The molecule has 0 aliphatic carbocycles. The average molecular weight is 294 g/mol. The number of para-hydroxylation sites is 1. The third-order valence-corrected chi connectivity index (χ3v) is 3.76. The van der Waals surface area contributed by atoms with Crippen LogP contribution in [0.5, 0.6) is 0 Å². The molecule has 1 fully saturated rings. The number of nitrogens with two attached hydrogens (primary N) is 1. The van der Waals surface area contributed by atoms with E-state index in [-0.39, 0.29) is 23.2 Å². The van der Waals surface area contributed by atoms with E-state index in [9.17, 15) is 9.18 Å². The van der Waals surface area contributed by atoms with Gasteiger partial charge in [0.1, 0.15) is 5.82 Å². The molecule has 1 aliphatic rings. The molecule has 1 aromatic rings. The molecule has 1 atom stereocenters. The number of carbonyl (C=O) groups is 1. The Kier molecular flexibility index (Phi) is 5.52. The minimum atomic E-state index is -0.533. The molecule has 1 saturated heterocycles. The molecular formula is C15H23FN4O. The zero-order valence-corrected chi connectivity index (χ0v) is 12.4. The Morgan fingerprint density at radius 1 is 1.38 bits per heavy atom. The second-order valence-corrected chi connectivity index (χ2v) is 5.54. The predicted octanol–water partition coefficient (Wildman–Crippen LogP) is 1.72. The van der Waals surface area contributed by atoms with Crippen molar-refractivity contribution in [3.8, 4) is 0 Å². The van der Waals surface area contributed by atoms with E-state index in [0.717, 1.165) is 19.6 Å². The third kappa shape index (κ3) is 4.15. The molecular weight excluding hydrogens is 271 g/mol. The van der Waals surface area contributed by atoms with Gasteiger partial charge >= 0.3 is 0 Å². The summed E-state index contributed by atoms with van der Waals surface area (Å²) < 4.78 is 13.6. The molecule has 0 saturated carbocycles. The van der Waals surface area contributed by atoms with Crippen LogP contribution in [0.15, 0.2) is 18.2 Å². The smallest absolute Gasteiger partial charge is 0.253 e. The first-order valence-corrected chi connectivity index (χ1v) is 7.40. The van der Waals surface area contributed by atoms with Gasteiger partial charge in [-0.25, -0.2) is 4.39 Å². The molecule has 0 aromatic heterocycles. The fraction of sp³-hybridized carbons (Fsp3) is 0.533. The van der Waals surface area contributed by atoms with Gasteiger partial charge in [-0.15, -0.1) is 0 Å². The van der Waals surface area contributed by atoms with Crippen LogP contribution in [0.4, 0.5) is 10.1 Å². The van der Waals surface area contributed by atoms with E-state index in [1.54, 1.807) is 6.07 Å². The predicted molar refractivity (Wildman–Crippen MR) is 81.4 cm³/mol. The van der Waals surface area contributed by atoms with Crippen LogP contribution in [0.2, 0.25) is 0 Å². The van der Waals surface area contributed by atoms with Gasteiger partial charge in [-0.05, 0) is 45.0 Å². The fourth-order valence-electron chi connectivity index (χ4n) is 2.74. The lowest BCUT2D eigenvalue weighted by Gasteiger charge is -2.29. The topological polar surface area (TPSA) is 70.4 Å². The monoisotopic (exact) mass is 294 g/mol. The lowest BCUT2D eigenvalue weighted by atomic mass is 10.1. The first-order chi connectivity index (χ1) is 10.1. The molecule has 116 valence electrons. The highest BCUT2D eigenvalue weighted by molar-refractivity contribution is 5.99. The number of hydrogen-bond donors (Lipinski definition) is 3.